The highest BCUT2D eigenvalue weighted by atomic mass is 79.9. The monoisotopic (exact) mass is 313 g/mol. The molecule has 0 atom stereocenters. The Hall–Kier alpha value is -1.30. The van der Waals surface area contributed by atoms with Crippen LogP contribution in [0.4, 0.5) is 10.5 Å². The molecule has 2 rings (SSSR count). The molecule has 1 heterocycles. The highest BCUT2D eigenvalue weighted by Gasteiger charge is 2.49. The summed E-state index contributed by atoms with van der Waals surface area (Å²) in [7, 11) is 3.60. The van der Waals surface area contributed by atoms with E-state index >= 15 is 0 Å². The van der Waals surface area contributed by atoms with Gasteiger partial charge in [-0.25, -0.2) is 4.79 Å². The van der Waals surface area contributed by atoms with Gasteiger partial charge < -0.3 is 14.9 Å². The van der Waals surface area contributed by atoms with Gasteiger partial charge in [0.15, 0.2) is 0 Å². The number of pyridine rings is 1. The minimum Gasteiger partial charge on any atom is -0.465 e. The molecule has 0 aliphatic heterocycles. The van der Waals surface area contributed by atoms with Crippen LogP contribution in [0.2, 0.25) is 0 Å². The van der Waals surface area contributed by atoms with Gasteiger partial charge in [-0.2, -0.15) is 0 Å². The van der Waals surface area contributed by atoms with Crippen LogP contribution in [0.3, 0.4) is 0 Å². The number of aromatic nitrogens is 1. The summed E-state index contributed by atoms with van der Waals surface area (Å²) in [5.41, 5.74) is 0.748. The number of halogens is 1. The predicted octanol–water partition coefficient (Wildman–Crippen LogP) is 2.42. The summed E-state index contributed by atoms with van der Waals surface area (Å²) in [4.78, 5) is 18.6. The van der Waals surface area contributed by atoms with Crippen molar-refractivity contribution in [3.63, 3.8) is 0 Å². The molecule has 0 spiro atoms. The summed E-state index contributed by atoms with van der Waals surface area (Å²) in [6.45, 7) is 0.688. The molecule has 18 heavy (non-hydrogen) atoms. The van der Waals surface area contributed by atoms with E-state index in [0.29, 0.717) is 6.54 Å². The molecule has 1 aromatic heterocycles. The molecule has 0 saturated heterocycles. The number of anilines is 1. The standard InChI is InChI=1S/C12H16BrN3O2/c1-15(10-5-9(13)6-14-7-10)8-12(3-4-12)16(2)11(17)18/h5-7H,3-4,8H2,1-2H3,(H,17,18). The van der Waals surface area contributed by atoms with Crippen molar-refractivity contribution in [2.45, 2.75) is 18.4 Å². The number of carboxylic acid groups (broad SMARTS) is 1. The number of carbonyl (C=O) groups is 1. The van der Waals surface area contributed by atoms with E-state index in [1.54, 1.807) is 19.4 Å². The topological polar surface area (TPSA) is 56.7 Å². The molecule has 0 unspecified atom stereocenters. The SMILES string of the molecule is CN(CC1(N(C)C(=O)O)CC1)c1cncc(Br)c1. The molecular formula is C12H16BrN3O2. The maximum Gasteiger partial charge on any atom is 0.407 e. The highest BCUT2D eigenvalue weighted by molar-refractivity contribution is 9.10. The third kappa shape index (κ3) is 2.58. The average Bonchev–Trinajstić information content (AvgIpc) is 3.09. The lowest BCUT2D eigenvalue weighted by Gasteiger charge is -2.31. The largest absolute Gasteiger partial charge is 0.465 e. The molecule has 0 bridgehead atoms. The number of rotatable bonds is 4. The molecule has 1 amide bonds. The second-order valence-corrected chi connectivity index (χ2v) is 5.70. The second-order valence-electron chi connectivity index (χ2n) is 4.78. The fourth-order valence-corrected chi connectivity index (χ4v) is 2.44. The molecular weight excluding hydrogens is 298 g/mol. The van der Waals surface area contributed by atoms with Gasteiger partial charge in [-0.1, -0.05) is 0 Å². The number of nitrogens with zero attached hydrogens (tertiary/aromatic N) is 3. The van der Waals surface area contributed by atoms with E-state index in [2.05, 4.69) is 20.9 Å². The average molecular weight is 314 g/mol. The summed E-state index contributed by atoms with van der Waals surface area (Å²) in [5.74, 6) is 0. The van der Waals surface area contributed by atoms with E-state index in [0.717, 1.165) is 23.0 Å². The zero-order valence-corrected chi connectivity index (χ0v) is 12.0. The Bertz CT molecular complexity index is 462. The zero-order valence-electron chi connectivity index (χ0n) is 10.4. The van der Waals surface area contributed by atoms with Crippen molar-refractivity contribution in [1.82, 2.24) is 9.88 Å². The Kier molecular flexibility index (Phi) is 3.47. The van der Waals surface area contributed by atoms with E-state index < -0.39 is 6.09 Å². The van der Waals surface area contributed by atoms with Gasteiger partial charge >= 0.3 is 6.09 Å². The van der Waals surface area contributed by atoms with Crippen molar-refractivity contribution in [2.75, 3.05) is 25.5 Å². The Morgan fingerprint density at radius 1 is 1.50 bits per heavy atom. The molecule has 0 radical (unpaired) electrons. The van der Waals surface area contributed by atoms with Crippen LogP contribution >= 0.6 is 15.9 Å². The molecule has 5 nitrogen and oxygen atoms in total. The maximum atomic E-state index is 11.0. The quantitative estimate of drug-likeness (QED) is 0.927. The fraction of sp³-hybridized carbons (Fsp3) is 0.500. The van der Waals surface area contributed by atoms with Gasteiger partial charge in [-0.05, 0) is 34.8 Å². The van der Waals surface area contributed by atoms with Crippen molar-refractivity contribution < 1.29 is 9.90 Å². The first-order chi connectivity index (χ1) is 8.44. The Balaban J connectivity index is 2.08. The number of hydrogen-bond acceptors (Lipinski definition) is 3. The van der Waals surface area contributed by atoms with Crippen LogP contribution in [-0.4, -0.2) is 47.3 Å². The molecule has 1 aromatic rings. The molecule has 1 aliphatic rings. The minimum absolute atomic E-state index is 0.233. The lowest BCUT2D eigenvalue weighted by Crippen LogP contribution is -2.45. The van der Waals surface area contributed by atoms with E-state index in [1.807, 2.05) is 18.0 Å². The molecule has 6 heteroatoms. The predicted molar refractivity (Wildman–Crippen MR) is 73.0 cm³/mol. The lowest BCUT2D eigenvalue weighted by atomic mass is 10.2. The Morgan fingerprint density at radius 3 is 2.67 bits per heavy atom. The van der Waals surface area contributed by atoms with Gasteiger partial charge in [0.05, 0.1) is 17.4 Å². The number of hydrogen-bond donors (Lipinski definition) is 1. The van der Waals surface area contributed by atoms with Crippen LogP contribution < -0.4 is 4.90 Å². The van der Waals surface area contributed by atoms with Crippen LogP contribution in [0.15, 0.2) is 22.9 Å². The smallest absolute Gasteiger partial charge is 0.407 e. The summed E-state index contributed by atoms with van der Waals surface area (Å²) in [5, 5.41) is 9.07. The second kappa shape index (κ2) is 4.76. The van der Waals surface area contributed by atoms with Gasteiger partial charge in [0.1, 0.15) is 0 Å². The van der Waals surface area contributed by atoms with Crippen LogP contribution in [0.25, 0.3) is 0 Å². The third-order valence-electron chi connectivity index (χ3n) is 3.49. The van der Waals surface area contributed by atoms with E-state index in [4.69, 9.17) is 5.11 Å². The van der Waals surface area contributed by atoms with E-state index in [9.17, 15) is 4.79 Å². The van der Waals surface area contributed by atoms with Crippen molar-refractivity contribution >= 4 is 27.7 Å². The fourth-order valence-electron chi connectivity index (χ4n) is 2.09. The molecule has 1 fully saturated rings. The first-order valence-corrected chi connectivity index (χ1v) is 6.52. The normalized spacial score (nSPS) is 16.2. The van der Waals surface area contributed by atoms with Crippen LogP contribution in [-0.2, 0) is 0 Å². The van der Waals surface area contributed by atoms with Crippen molar-refractivity contribution in [2.24, 2.45) is 0 Å². The molecule has 1 saturated carbocycles. The zero-order chi connectivity index (χ0) is 13.3. The van der Waals surface area contributed by atoms with Crippen molar-refractivity contribution in [1.29, 1.82) is 0 Å². The Morgan fingerprint density at radius 2 is 2.17 bits per heavy atom. The first-order valence-electron chi connectivity index (χ1n) is 5.73. The first kappa shape index (κ1) is 13.1. The molecule has 98 valence electrons. The van der Waals surface area contributed by atoms with Crippen molar-refractivity contribution in [3.8, 4) is 0 Å². The van der Waals surface area contributed by atoms with Gasteiger partial charge in [0.25, 0.3) is 0 Å². The van der Waals surface area contributed by atoms with Gasteiger partial charge in [0.2, 0.25) is 0 Å². The van der Waals surface area contributed by atoms with Crippen LogP contribution in [0.1, 0.15) is 12.8 Å². The van der Waals surface area contributed by atoms with Gasteiger partial charge in [0, 0.05) is 31.3 Å². The van der Waals surface area contributed by atoms with Crippen LogP contribution in [0, 0.1) is 0 Å². The highest BCUT2D eigenvalue weighted by Crippen LogP contribution is 2.42. The van der Waals surface area contributed by atoms with Gasteiger partial charge in [-0.3, -0.25) is 4.98 Å². The maximum absolute atomic E-state index is 11.0. The van der Waals surface area contributed by atoms with E-state index in [-0.39, 0.29) is 5.54 Å². The summed E-state index contributed by atoms with van der Waals surface area (Å²) < 4.78 is 0.920. The van der Waals surface area contributed by atoms with Gasteiger partial charge in [-0.15, -0.1) is 0 Å². The molecule has 1 N–H and O–H groups in total. The number of likely N-dealkylation sites (N-methyl/N-ethyl adjacent to an activating group) is 2. The third-order valence-corrected chi connectivity index (χ3v) is 3.92. The minimum atomic E-state index is -0.867. The summed E-state index contributed by atoms with van der Waals surface area (Å²) in [6, 6.07) is 1.98. The Labute approximate surface area is 115 Å². The van der Waals surface area contributed by atoms with E-state index in [1.165, 1.54) is 4.90 Å². The molecule has 1 aliphatic carbocycles. The number of amides is 1. The summed E-state index contributed by atoms with van der Waals surface area (Å²) in [6.07, 6.45) is 4.48. The summed E-state index contributed by atoms with van der Waals surface area (Å²) >= 11 is 3.38. The lowest BCUT2D eigenvalue weighted by molar-refractivity contribution is 0.133. The molecule has 0 aromatic carbocycles. The van der Waals surface area contributed by atoms with Crippen molar-refractivity contribution in [3.05, 3.63) is 22.9 Å². The van der Waals surface area contributed by atoms with Crippen LogP contribution in [0.5, 0.6) is 0 Å².